The van der Waals surface area contributed by atoms with Crippen LogP contribution in [-0.4, -0.2) is 71.0 Å². The Morgan fingerprint density at radius 1 is 0.938 bits per heavy atom. The average molecular weight is 471 g/mol. The molecule has 176 valence electrons. The van der Waals surface area contributed by atoms with Gasteiger partial charge in [0.2, 0.25) is 27.7 Å². The van der Waals surface area contributed by atoms with E-state index < -0.39 is 33.7 Å². The van der Waals surface area contributed by atoms with Gasteiger partial charge in [-0.15, -0.1) is 0 Å². The second-order valence-corrected chi connectivity index (χ2v) is 7.75. The molecule has 0 heterocycles. The number of hydrogen-bond donors (Lipinski definition) is 6. The van der Waals surface area contributed by atoms with Gasteiger partial charge in [-0.2, -0.15) is 0 Å². The number of sulfonamides is 1. The molecule has 0 fully saturated rings. The van der Waals surface area contributed by atoms with Crippen molar-refractivity contribution in [2.24, 2.45) is 16.0 Å². The van der Waals surface area contributed by atoms with Gasteiger partial charge in [-0.3, -0.25) is 19.2 Å². The molecule has 1 aromatic carbocycles. The average Bonchev–Trinajstić information content (AvgIpc) is 2.73. The molecule has 0 bridgehead atoms. The molecule has 0 atom stereocenters. The Morgan fingerprint density at radius 3 is 2.19 bits per heavy atom. The number of benzene rings is 1. The van der Waals surface area contributed by atoms with Gasteiger partial charge in [0.1, 0.15) is 12.8 Å². The summed E-state index contributed by atoms with van der Waals surface area (Å²) >= 11 is 0. The Labute approximate surface area is 184 Å². The Balaban J connectivity index is 2.12. The van der Waals surface area contributed by atoms with Crippen LogP contribution in [-0.2, 0) is 40.6 Å². The summed E-state index contributed by atoms with van der Waals surface area (Å²) in [6.45, 7) is -0.191. The smallest absolute Gasteiger partial charge is 0.265 e. The molecular formula is C17H25N7O7S. The van der Waals surface area contributed by atoms with E-state index in [-0.39, 0.29) is 44.2 Å². The summed E-state index contributed by atoms with van der Waals surface area (Å²) in [4.78, 5) is 49.8. The summed E-state index contributed by atoms with van der Waals surface area (Å²) in [5.74, 6) is -2.21. The number of nitrogens with one attached hydrogen (secondary N) is 4. The quantitative estimate of drug-likeness (QED) is 0.0895. The maximum absolute atomic E-state index is 11.6. The zero-order valence-corrected chi connectivity index (χ0v) is 17.8. The lowest BCUT2D eigenvalue weighted by Crippen LogP contribution is -2.43. The van der Waals surface area contributed by atoms with E-state index in [2.05, 4.69) is 26.4 Å². The maximum Gasteiger partial charge on any atom is 0.265 e. The zero-order valence-electron chi connectivity index (χ0n) is 17.0. The molecule has 0 spiro atoms. The fraction of sp³-hybridized carbons (Fsp3) is 0.353. The predicted molar refractivity (Wildman–Crippen MR) is 112 cm³/mol. The van der Waals surface area contributed by atoms with Crippen LogP contribution in [0.2, 0.25) is 0 Å². The van der Waals surface area contributed by atoms with Crippen molar-refractivity contribution in [1.82, 2.24) is 21.3 Å². The number of rotatable bonds is 14. The third-order valence-electron chi connectivity index (χ3n) is 3.52. The largest absolute Gasteiger partial charge is 0.391 e. The summed E-state index contributed by atoms with van der Waals surface area (Å²) in [6, 6.07) is 5.67. The molecule has 0 unspecified atom stereocenters. The molecule has 14 nitrogen and oxygen atoms in total. The molecular weight excluding hydrogens is 446 g/mol. The normalized spacial score (nSPS) is 11.0. The highest BCUT2D eigenvalue weighted by Gasteiger charge is 2.07. The van der Waals surface area contributed by atoms with Gasteiger partial charge in [0.25, 0.3) is 5.91 Å². The first-order chi connectivity index (χ1) is 15.1. The Kier molecular flexibility index (Phi) is 11.3. The molecule has 15 heteroatoms. The molecule has 4 amide bonds. The molecule has 0 aromatic heterocycles. The number of oxime groups is 1. The Bertz CT molecular complexity index is 933. The number of primary amides is 1. The highest BCUT2D eigenvalue weighted by Crippen LogP contribution is 2.09. The molecule has 0 aliphatic carbocycles. The number of nitrogens with zero attached hydrogens (tertiary/aromatic N) is 1. The van der Waals surface area contributed by atoms with Gasteiger partial charge >= 0.3 is 0 Å². The molecule has 1 rings (SSSR count). The van der Waals surface area contributed by atoms with Crippen LogP contribution in [0.25, 0.3) is 0 Å². The monoisotopic (exact) mass is 471 g/mol. The third kappa shape index (κ3) is 12.2. The van der Waals surface area contributed by atoms with Crippen molar-refractivity contribution in [3.63, 3.8) is 0 Å². The van der Waals surface area contributed by atoms with Gasteiger partial charge in [-0.05, 0) is 17.7 Å². The highest BCUT2D eigenvalue weighted by molar-refractivity contribution is 7.89. The van der Waals surface area contributed by atoms with Crippen molar-refractivity contribution in [3.8, 4) is 0 Å². The lowest BCUT2D eigenvalue weighted by Gasteiger charge is -2.07. The van der Waals surface area contributed by atoms with Crippen molar-refractivity contribution < 1.29 is 32.4 Å². The van der Waals surface area contributed by atoms with E-state index in [1.165, 1.54) is 24.3 Å². The fourth-order valence-corrected chi connectivity index (χ4v) is 2.50. The van der Waals surface area contributed by atoms with Gasteiger partial charge in [-0.25, -0.2) is 13.6 Å². The SMILES string of the molecule is NC(=O)CNC(=O)CNC(=O)CNCCNC(=O)/C=N/OCc1ccc(S(N)(=O)=O)cc1. The topological polar surface area (TPSA) is 224 Å². The number of amides is 4. The van der Waals surface area contributed by atoms with Crippen LogP contribution >= 0.6 is 0 Å². The highest BCUT2D eigenvalue weighted by atomic mass is 32.2. The summed E-state index contributed by atoms with van der Waals surface area (Å²) < 4.78 is 22.3. The van der Waals surface area contributed by atoms with Crippen LogP contribution < -0.4 is 32.1 Å². The molecule has 0 aliphatic heterocycles. The van der Waals surface area contributed by atoms with Crippen molar-refractivity contribution in [1.29, 1.82) is 0 Å². The molecule has 0 saturated heterocycles. The van der Waals surface area contributed by atoms with E-state index in [0.29, 0.717) is 5.56 Å². The lowest BCUT2D eigenvalue weighted by atomic mass is 10.2. The second kappa shape index (κ2) is 13.7. The molecule has 0 saturated carbocycles. The van der Waals surface area contributed by atoms with Crippen molar-refractivity contribution >= 4 is 39.9 Å². The van der Waals surface area contributed by atoms with Crippen molar-refractivity contribution in [2.45, 2.75) is 11.5 Å². The minimum absolute atomic E-state index is 0.0197. The first-order valence-corrected chi connectivity index (χ1v) is 10.7. The fourth-order valence-electron chi connectivity index (χ4n) is 1.98. The first-order valence-electron chi connectivity index (χ1n) is 9.15. The molecule has 1 aromatic rings. The number of hydrogen-bond acceptors (Lipinski definition) is 9. The van der Waals surface area contributed by atoms with E-state index >= 15 is 0 Å². The zero-order chi connectivity index (χ0) is 24.0. The van der Waals surface area contributed by atoms with Crippen molar-refractivity contribution in [2.75, 3.05) is 32.7 Å². The summed E-state index contributed by atoms with van der Waals surface area (Å²) in [5.41, 5.74) is 5.50. The minimum Gasteiger partial charge on any atom is -0.391 e. The predicted octanol–water partition coefficient (Wildman–Crippen LogP) is -3.74. The number of carbonyl (C=O) groups excluding carboxylic acids is 4. The Hall–Kier alpha value is -3.56. The van der Waals surface area contributed by atoms with E-state index in [9.17, 15) is 27.6 Å². The van der Waals surface area contributed by atoms with Gasteiger partial charge in [-0.1, -0.05) is 17.3 Å². The van der Waals surface area contributed by atoms with E-state index in [1.54, 1.807) is 0 Å². The number of nitrogens with two attached hydrogens (primary N) is 2. The van der Waals surface area contributed by atoms with Crippen molar-refractivity contribution in [3.05, 3.63) is 29.8 Å². The third-order valence-corrected chi connectivity index (χ3v) is 4.45. The van der Waals surface area contributed by atoms with E-state index in [0.717, 1.165) is 6.21 Å². The van der Waals surface area contributed by atoms with Gasteiger partial charge < -0.3 is 31.8 Å². The maximum atomic E-state index is 11.6. The van der Waals surface area contributed by atoms with Crippen LogP contribution in [0.5, 0.6) is 0 Å². The number of primary sulfonamides is 1. The van der Waals surface area contributed by atoms with Gasteiger partial charge in [0.05, 0.1) is 24.5 Å². The second-order valence-electron chi connectivity index (χ2n) is 6.18. The summed E-state index contributed by atoms with van der Waals surface area (Å²) in [5, 5.41) is 18.3. The van der Waals surface area contributed by atoms with E-state index in [1.807, 2.05) is 0 Å². The molecule has 0 radical (unpaired) electrons. The summed E-state index contributed by atoms with van der Waals surface area (Å²) in [6.07, 6.45) is 0.927. The van der Waals surface area contributed by atoms with Crippen LogP contribution in [0.1, 0.15) is 5.56 Å². The minimum atomic E-state index is -3.77. The number of carbonyl (C=O) groups is 4. The molecule has 32 heavy (non-hydrogen) atoms. The standard InChI is InChI=1S/C17H25N7O7S/c18-14(25)7-22-16(27)9-23-15(26)8-20-5-6-21-17(28)10-24-31-11-12-1-3-13(4-2-12)32(19,29)30/h1-4,10,20H,5-9,11H2,(H2,18,25)(H,21,28)(H,22,27)(H,23,26)(H2,19,29,30)/b24-10+. The molecule has 8 N–H and O–H groups in total. The van der Waals surface area contributed by atoms with Crippen LogP contribution in [0.3, 0.4) is 0 Å². The van der Waals surface area contributed by atoms with Gasteiger partial charge in [0.15, 0.2) is 0 Å². The van der Waals surface area contributed by atoms with Crippen LogP contribution in [0.4, 0.5) is 0 Å². The van der Waals surface area contributed by atoms with Crippen LogP contribution in [0.15, 0.2) is 34.3 Å². The Morgan fingerprint density at radius 2 is 1.56 bits per heavy atom. The lowest BCUT2D eigenvalue weighted by molar-refractivity contribution is -0.126. The van der Waals surface area contributed by atoms with Crippen LogP contribution in [0, 0.1) is 0 Å². The molecule has 0 aliphatic rings. The van der Waals surface area contributed by atoms with E-state index in [4.69, 9.17) is 15.7 Å². The van der Waals surface area contributed by atoms with Gasteiger partial charge in [0, 0.05) is 13.1 Å². The summed E-state index contributed by atoms with van der Waals surface area (Å²) in [7, 11) is -3.77. The first kappa shape index (κ1) is 26.5.